The second-order valence-corrected chi connectivity index (χ2v) is 7.93. The molecule has 144 valence electrons. The molecule has 1 heterocycles. The molecule has 1 atom stereocenters. The molecule has 3 rings (SSSR count). The molecule has 2 aromatic carbocycles. The van der Waals surface area contributed by atoms with Crippen LogP contribution in [0.2, 0.25) is 0 Å². The van der Waals surface area contributed by atoms with E-state index in [2.05, 4.69) is 6.07 Å². The number of nitrogens with zero attached hydrogens (tertiary/aromatic N) is 1. The zero-order chi connectivity index (χ0) is 19.2. The van der Waals surface area contributed by atoms with Crippen molar-refractivity contribution >= 4 is 17.7 Å². The van der Waals surface area contributed by atoms with Gasteiger partial charge in [-0.2, -0.15) is 0 Å². The summed E-state index contributed by atoms with van der Waals surface area (Å²) in [6.07, 6.45) is 0.844. The van der Waals surface area contributed by atoms with Crippen LogP contribution in [0.3, 0.4) is 0 Å². The number of carbonyl (C=O) groups excluding carboxylic acids is 1. The van der Waals surface area contributed by atoms with Gasteiger partial charge >= 0.3 is 0 Å². The number of fused-ring (bicyclic) bond motifs is 1. The Morgan fingerprint density at radius 2 is 1.70 bits per heavy atom. The molecule has 0 aliphatic carbocycles. The molecule has 2 aromatic rings. The molecular weight excluding hydrogens is 358 g/mol. The number of hydrogen-bond acceptors (Lipinski definition) is 4. The summed E-state index contributed by atoms with van der Waals surface area (Å²) in [6, 6.07) is 14.2. The molecule has 1 unspecified atom stereocenters. The molecule has 1 aliphatic heterocycles. The second-order valence-electron chi connectivity index (χ2n) is 6.52. The van der Waals surface area contributed by atoms with Gasteiger partial charge in [0.2, 0.25) is 5.91 Å². The largest absolute Gasteiger partial charge is 0.490 e. The lowest BCUT2D eigenvalue weighted by molar-refractivity contribution is -0.131. The molecule has 0 radical (unpaired) electrons. The Morgan fingerprint density at radius 1 is 1.07 bits per heavy atom. The van der Waals surface area contributed by atoms with Crippen molar-refractivity contribution in [3.05, 3.63) is 53.6 Å². The van der Waals surface area contributed by atoms with Crippen LogP contribution < -0.4 is 9.47 Å². The standard InChI is InChI=1S/C22H27NO3S/c1-4-25-20-13-17-11-12-23(15-18(17)14-21(20)26-5-2)22(24)16(3)27-19-9-7-6-8-10-19/h6-10,13-14,16H,4-5,11-12,15H2,1-3H3. The average Bonchev–Trinajstić information content (AvgIpc) is 2.68. The minimum Gasteiger partial charge on any atom is -0.490 e. The summed E-state index contributed by atoms with van der Waals surface area (Å²) in [4.78, 5) is 16.0. The zero-order valence-electron chi connectivity index (χ0n) is 16.2. The molecule has 0 bridgehead atoms. The SMILES string of the molecule is CCOc1cc2c(cc1OCC)CN(C(=O)C(C)Sc1ccccc1)CC2. The van der Waals surface area contributed by atoms with E-state index in [9.17, 15) is 4.79 Å². The highest BCUT2D eigenvalue weighted by Gasteiger charge is 2.26. The number of carbonyl (C=O) groups is 1. The zero-order valence-corrected chi connectivity index (χ0v) is 17.1. The highest BCUT2D eigenvalue weighted by atomic mass is 32.2. The summed E-state index contributed by atoms with van der Waals surface area (Å²) in [5.41, 5.74) is 2.40. The quantitative estimate of drug-likeness (QED) is 0.656. The number of amides is 1. The minimum atomic E-state index is -0.108. The number of thioether (sulfide) groups is 1. The molecule has 0 fully saturated rings. The summed E-state index contributed by atoms with van der Waals surface area (Å²) in [5, 5.41) is -0.108. The fourth-order valence-corrected chi connectivity index (χ4v) is 4.27. The van der Waals surface area contributed by atoms with Gasteiger partial charge in [0.05, 0.1) is 18.5 Å². The van der Waals surface area contributed by atoms with Crippen LogP contribution in [0.4, 0.5) is 0 Å². The van der Waals surface area contributed by atoms with Crippen LogP contribution in [0.25, 0.3) is 0 Å². The van der Waals surface area contributed by atoms with Gasteiger partial charge in [-0.15, -0.1) is 11.8 Å². The number of ether oxygens (including phenoxy) is 2. The Labute approximate surface area is 165 Å². The Balaban J connectivity index is 1.72. The van der Waals surface area contributed by atoms with Gasteiger partial charge in [0.1, 0.15) is 0 Å². The normalized spacial score (nSPS) is 14.4. The Bertz CT molecular complexity index is 779. The van der Waals surface area contributed by atoms with Crippen molar-refractivity contribution in [3.8, 4) is 11.5 Å². The van der Waals surface area contributed by atoms with E-state index < -0.39 is 0 Å². The molecule has 5 heteroatoms. The smallest absolute Gasteiger partial charge is 0.236 e. The predicted octanol–water partition coefficient (Wildman–Crippen LogP) is 4.55. The van der Waals surface area contributed by atoms with Gasteiger partial charge in [0, 0.05) is 18.0 Å². The lowest BCUT2D eigenvalue weighted by Gasteiger charge is -2.31. The maximum atomic E-state index is 12.9. The third kappa shape index (κ3) is 4.78. The number of rotatable bonds is 7. The third-order valence-corrected chi connectivity index (χ3v) is 5.69. The van der Waals surface area contributed by atoms with Crippen molar-refractivity contribution in [2.45, 2.75) is 43.9 Å². The van der Waals surface area contributed by atoms with Gasteiger partial charge in [0.15, 0.2) is 11.5 Å². The van der Waals surface area contributed by atoms with E-state index in [1.165, 1.54) is 5.56 Å². The van der Waals surface area contributed by atoms with Gasteiger partial charge in [-0.05, 0) is 62.6 Å². The van der Waals surface area contributed by atoms with Crippen LogP contribution in [-0.2, 0) is 17.8 Å². The van der Waals surface area contributed by atoms with Gasteiger partial charge in [-0.1, -0.05) is 18.2 Å². The molecule has 0 N–H and O–H groups in total. The first-order valence-electron chi connectivity index (χ1n) is 9.54. The summed E-state index contributed by atoms with van der Waals surface area (Å²) in [5.74, 6) is 1.74. The second kappa shape index (κ2) is 9.18. The molecule has 0 spiro atoms. The van der Waals surface area contributed by atoms with E-state index in [1.54, 1.807) is 11.8 Å². The van der Waals surface area contributed by atoms with Crippen LogP contribution in [0.15, 0.2) is 47.4 Å². The molecule has 27 heavy (non-hydrogen) atoms. The molecule has 4 nitrogen and oxygen atoms in total. The van der Waals surface area contributed by atoms with Crippen LogP contribution >= 0.6 is 11.8 Å². The Hall–Kier alpha value is -2.14. The highest BCUT2D eigenvalue weighted by molar-refractivity contribution is 8.00. The lowest BCUT2D eigenvalue weighted by atomic mass is 9.98. The van der Waals surface area contributed by atoms with Crippen molar-refractivity contribution in [2.75, 3.05) is 19.8 Å². The maximum Gasteiger partial charge on any atom is 0.236 e. The first-order valence-corrected chi connectivity index (χ1v) is 10.4. The van der Waals surface area contributed by atoms with Crippen molar-refractivity contribution in [1.29, 1.82) is 0 Å². The summed E-state index contributed by atoms with van der Waals surface area (Å²) < 4.78 is 11.5. The predicted molar refractivity (Wildman–Crippen MR) is 110 cm³/mol. The first kappa shape index (κ1) is 19.6. The Kier molecular flexibility index (Phi) is 6.67. The van der Waals surface area contributed by atoms with Crippen molar-refractivity contribution in [2.24, 2.45) is 0 Å². The summed E-state index contributed by atoms with van der Waals surface area (Å²) >= 11 is 1.61. The van der Waals surface area contributed by atoms with Gasteiger partial charge in [-0.3, -0.25) is 4.79 Å². The number of benzene rings is 2. The van der Waals surface area contributed by atoms with Crippen LogP contribution in [0.5, 0.6) is 11.5 Å². The molecule has 0 saturated heterocycles. The summed E-state index contributed by atoms with van der Waals surface area (Å²) in [6.45, 7) is 8.49. The van der Waals surface area contributed by atoms with Crippen LogP contribution in [0, 0.1) is 0 Å². The van der Waals surface area contributed by atoms with Crippen molar-refractivity contribution in [1.82, 2.24) is 4.90 Å². The average molecular weight is 386 g/mol. The highest BCUT2D eigenvalue weighted by Crippen LogP contribution is 2.34. The Morgan fingerprint density at radius 3 is 2.33 bits per heavy atom. The molecule has 1 aliphatic rings. The number of hydrogen-bond donors (Lipinski definition) is 0. The van der Waals surface area contributed by atoms with E-state index in [0.29, 0.717) is 19.8 Å². The molecule has 0 aromatic heterocycles. The van der Waals surface area contributed by atoms with Crippen LogP contribution in [0.1, 0.15) is 31.9 Å². The fourth-order valence-electron chi connectivity index (χ4n) is 3.30. The summed E-state index contributed by atoms with van der Waals surface area (Å²) in [7, 11) is 0. The lowest BCUT2D eigenvalue weighted by Crippen LogP contribution is -2.40. The monoisotopic (exact) mass is 385 g/mol. The first-order chi connectivity index (χ1) is 13.1. The molecule has 1 amide bonds. The van der Waals surface area contributed by atoms with Gasteiger partial charge < -0.3 is 14.4 Å². The molecule has 0 saturated carbocycles. The third-order valence-electron chi connectivity index (χ3n) is 4.59. The fraction of sp³-hybridized carbons (Fsp3) is 0.409. The van der Waals surface area contributed by atoms with E-state index >= 15 is 0 Å². The van der Waals surface area contributed by atoms with E-state index in [4.69, 9.17) is 9.47 Å². The van der Waals surface area contributed by atoms with E-state index in [-0.39, 0.29) is 11.2 Å². The van der Waals surface area contributed by atoms with Gasteiger partial charge in [-0.25, -0.2) is 0 Å². The topological polar surface area (TPSA) is 38.8 Å². The maximum absolute atomic E-state index is 12.9. The van der Waals surface area contributed by atoms with E-state index in [1.807, 2.05) is 62.1 Å². The van der Waals surface area contributed by atoms with E-state index in [0.717, 1.165) is 34.9 Å². The van der Waals surface area contributed by atoms with Crippen molar-refractivity contribution < 1.29 is 14.3 Å². The van der Waals surface area contributed by atoms with Gasteiger partial charge in [0.25, 0.3) is 0 Å². The van der Waals surface area contributed by atoms with Crippen LogP contribution in [-0.4, -0.2) is 35.8 Å². The van der Waals surface area contributed by atoms with Crippen molar-refractivity contribution in [3.63, 3.8) is 0 Å². The molecular formula is C22H27NO3S. The minimum absolute atomic E-state index is 0.108.